The number of rotatable bonds is 2. The number of nitrogens with one attached hydrogen (secondary N) is 1. The Balaban J connectivity index is 1.79. The maximum absolute atomic E-state index is 12.7. The molecule has 3 rings (SSSR count). The van der Waals surface area contributed by atoms with E-state index in [0.717, 1.165) is 18.5 Å². The molecule has 2 heterocycles. The summed E-state index contributed by atoms with van der Waals surface area (Å²) in [4.78, 5) is 31.5. The predicted molar refractivity (Wildman–Crippen MR) is 95.0 cm³/mol. The number of H-pyrrole nitrogens is 1. The second-order valence-electron chi connectivity index (χ2n) is 6.58. The topological polar surface area (TPSA) is 56.4 Å². The number of aromatic nitrogens is 1. The van der Waals surface area contributed by atoms with E-state index in [1.54, 1.807) is 17.0 Å². The highest BCUT2D eigenvalue weighted by Gasteiger charge is 2.30. The summed E-state index contributed by atoms with van der Waals surface area (Å²) in [6, 6.07) is 9.01. The molecule has 0 saturated carbocycles. The maximum Gasteiger partial charge on any atom is 0.270 e. The lowest BCUT2D eigenvalue weighted by Gasteiger charge is -2.41. The Kier molecular flexibility index (Phi) is 4.16. The van der Waals surface area contributed by atoms with E-state index in [-0.39, 0.29) is 17.0 Å². The monoisotopic (exact) mass is 323 g/mol. The Morgan fingerprint density at radius 2 is 1.88 bits per heavy atom. The third-order valence-electron chi connectivity index (χ3n) is 4.69. The number of piperazine rings is 1. The highest BCUT2D eigenvalue weighted by Crippen LogP contribution is 2.17. The van der Waals surface area contributed by atoms with Gasteiger partial charge >= 0.3 is 0 Å². The van der Waals surface area contributed by atoms with Gasteiger partial charge in [0.2, 0.25) is 0 Å². The van der Waals surface area contributed by atoms with E-state index in [2.05, 4.69) is 15.8 Å². The van der Waals surface area contributed by atoms with Gasteiger partial charge in [0.15, 0.2) is 0 Å². The lowest BCUT2D eigenvalue weighted by Crippen LogP contribution is -2.55. The van der Waals surface area contributed by atoms with Gasteiger partial charge in [0.25, 0.3) is 11.5 Å². The van der Waals surface area contributed by atoms with Crippen LogP contribution in [-0.4, -0.2) is 52.4 Å². The first-order chi connectivity index (χ1) is 11.4. The van der Waals surface area contributed by atoms with Gasteiger partial charge in [-0.2, -0.15) is 0 Å². The van der Waals surface area contributed by atoms with Gasteiger partial charge in [-0.25, -0.2) is 0 Å². The molecule has 1 saturated heterocycles. The van der Waals surface area contributed by atoms with Crippen molar-refractivity contribution in [1.29, 1.82) is 0 Å². The molecular weight excluding hydrogens is 302 g/mol. The van der Waals surface area contributed by atoms with Crippen LogP contribution in [0.4, 0.5) is 0 Å². The van der Waals surface area contributed by atoms with Crippen molar-refractivity contribution in [2.24, 2.45) is 0 Å². The van der Waals surface area contributed by atoms with Gasteiger partial charge in [0, 0.05) is 31.6 Å². The maximum atomic E-state index is 12.7. The molecule has 1 aromatic carbocycles. The van der Waals surface area contributed by atoms with E-state index >= 15 is 0 Å². The molecule has 1 N–H and O–H groups in total. The van der Waals surface area contributed by atoms with E-state index in [0.29, 0.717) is 24.2 Å². The van der Waals surface area contributed by atoms with Gasteiger partial charge in [0.05, 0.1) is 5.54 Å². The van der Waals surface area contributed by atoms with Crippen LogP contribution in [0.3, 0.4) is 0 Å². The molecule has 2 aromatic rings. The van der Waals surface area contributed by atoms with Gasteiger partial charge in [0.1, 0.15) is 5.69 Å². The summed E-state index contributed by atoms with van der Waals surface area (Å²) in [6.45, 7) is 6.65. The third-order valence-corrected chi connectivity index (χ3v) is 4.69. The molecule has 1 aliphatic rings. The minimum atomic E-state index is -0.313. The Morgan fingerprint density at radius 3 is 2.54 bits per heavy atom. The molecule has 1 aromatic heterocycles. The highest BCUT2D eigenvalue weighted by molar-refractivity contribution is 5.96. The molecule has 1 amide bonds. The van der Waals surface area contributed by atoms with Crippen molar-refractivity contribution in [3.05, 3.63) is 46.4 Å². The fourth-order valence-corrected chi connectivity index (χ4v) is 3.06. The van der Waals surface area contributed by atoms with Crippen molar-refractivity contribution in [2.45, 2.75) is 19.4 Å². The van der Waals surface area contributed by atoms with Crippen molar-refractivity contribution in [1.82, 2.24) is 14.8 Å². The Morgan fingerprint density at radius 1 is 1.21 bits per heavy atom. The standard InChI is InChI=1S/C19H21N3O2/c1-4-19(2,3)22-11-9-21(10-12-22)18(24)16-13-14-7-5-6-8-15(14)17(23)20-16/h1,5-8,13H,9-12H2,2-3H3,(H,20,23). The second-order valence-corrected chi connectivity index (χ2v) is 6.58. The smallest absolute Gasteiger partial charge is 0.270 e. The molecule has 5 nitrogen and oxygen atoms in total. The molecule has 24 heavy (non-hydrogen) atoms. The van der Waals surface area contributed by atoms with Crippen molar-refractivity contribution < 1.29 is 4.79 Å². The number of nitrogens with zero attached hydrogens (tertiary/aromatic N) is 2. The molecule has 0 atom stereocenters. The molecule has 0 bridgehead atoms. The number of carbonyl (C=O) groups excluding carboxylic acids is 1. The number of fused-ring (bicyclic) bond motifs is 1. The van der Waals surface area contributed by atoms with Gasteiger partial charge in [-0.15, -0.1) is 6.42 Å². The SMILES string of the molecule is C#CC(C)(C)N1CCN(C(=O)c2cc3ccccc3c(=O)[nH]2)CC1. The van der Waals surface area contributed by atoms with E-state index in [9.17, 15) is 9.59 Å². The van der Waals surface area contributed by atoms with Crippen LogP contribution in [0, 0.1) is 12.3 Å². The molecule has 1 aliphatic heterocycles. The number of amides is 1. The van der Waals surface area contributed by atoms with Crippen LogP contribution in [0.5, 0.6) is 0 Å². The molecule has 5 heteroatoms. The molecule has 1 fully saturated rings. The van der Waals surface area contributed by atoms with Crippen LogP contribution in [0.1, 0.15) is 24.3 Å². The number of terminal acetylenes is 1. The number of hydrogen-bond acceptors (Lipinski definition) is 3. The Labute approximate surface area is 141 Å². The second kappa shape index (κ2) is 6.14. The number of hydrogen-bond donors (Lipinski definition) is 1. The van der Waals surface area contributed by atoms with Gasteiger partial charge < -0.3 is 9.88 Å². The van der Waals surface area contributed by atoms with Gasteiger partial charge in [-0.1, -0.05) is 24.1 Å². The minimum absolute atomic E-state index is 0.143. The summed E-state index contributed by atoms with van der Waals surface area (Å²) in [5.74, 6) is 2.65. The third kappa shape index (κ3) is 2.93. The van der Waals surface area contributed by atoms with Crippen molar-refractivity contribution in [2.75, 3.05) is 26.2 Å². The summed E-state index contributed by atoms with van der Waals surface area (Å²) in [5, 5.41) is 1.37. The Hall–Kier alpha value is -2.58. The Bertz CT molecular complexity index is 868. The number of pyridine rings is 1. The van der Waals surface area contributed by atoms with Crippen LogP contribution in [0.2, 0.25) is 0 Å². The van der Waals surface area contributed by atoms with Crippen LogP contribution < -0.4 is 5.56 Å². The molecule has 0 radical (unpaired) electrons. The predicted octanol–water partition coefficient (Wildman–Crippen LogP) is 1.70. The summed E-state index contributed by atoms with van der Waals surface area (Å²) in [6.07, 6.45) is 5.58. The van der Waals surface area contributed by atoms with Crippen molar-refractivity contribution in [3.8, 4) is 12.3 Å². The van der Waals surface area contributed by atoms with E-state index < -0.39 is 0 Å². The fraction of sp³-hybridized carbons (Fsp3) is 0.368. The number of aromatic amines is 1. The highest BCUT2D eigenvalue weighted by atomic mass is 16.2. The van der Waals surface area contributed by atoms with Crippen LogP contribution in [0.25, 0.3) is 10.8 Å². The molecule has 0 unspecified atom stereocenters. The first-order valence-corrected chi connectivity index (χ1v) is 8.06. The van der Waals surface area contributed by atoms with Gasteiger partial charge in [-0.05, 0) is 31.4 Å². The van der Waals surface area contributed by atoms with Crippen LogP contribution in [0.15, 0.2) is 35.1 Å². The minimum Gasteiger partial charge on any atom is -0.335 e. The molecule has 124 valence electrons. The van der Waals surface area contributed by atoms with E-state index in [4.69, 9.17) is 6.42 Å². The summed E-state index contributed by atoms with van der Waals surface area (Å²) < 4.78 is 0. The largest absolute Gasteiger partial charge is 0.335 e. The zero-order valence-corrected chi connectivity index (χ0v) is 14.0. The lowest BCUT2D eigenvalue weighted by molar-refractivity contribution is 0.0519. The van der Waals surface area contributed by atoms with E-state index in [1.807, 2.05) is 32.0 Å². The van der Waals surface area contributed by atoms with Crippen LogP contribution in [-0.2, 0) is 0 Å². The molecular formula is C19H21N3O2. The van der Waals surface area contributed by atoms with Crippen LogP contribution >= 0.6 is 0 Å². The number of benzene rings is 1. The average Bonchev–Trinajstić information content (AvgIpc) is 2.61. The van der Waals surface area contributed by atoms with Crippen molar-refractivity contribution >= 4 is 16.7 Å². The first-order valence-electron chi connectivity index (χ1n) is 8.06. The van der Waals surface area contributed by atoms with Crippen molar-refractivity contribution in [3.63, 3.8) is 0 Å². The van der Waals surface area contributed by atoms with E-state index in [1.165, 1.54) is 0 Å². The zero-order valence-electron chi connectivity index (χ0n) is 14.0. The lowest BCUT2D eigenvalue weighted by atomic mass is 10.0. The van der Waals surface area contributed by atoms with Gasteiger partial charge in [-0.3, -0.25) is 14.5 Å². The summed E-state index contributed by atoms with van der Waals surface area (Å²) in [7, 11) is 0. The fourth-order valence-electron chi connectivity index (χ4n) is 3.06. The molecule has 0 spiro atoms. The quantitative estimate of drug-likeness (QED) is 0.856. The normalized spacial score (nSPS) is 16.1. The molecule has 0 aliphatic carbocycles. The number of carbonyl (C=O) groups is 1. The summed E-state index contributed by atoms with van der Waals surface area (Å²) >= 11 is 0. The zero-order chi connectivity index (χ0) is 17.3. The first kappa shape index (κ1) is 16.3. The summed E-state index contributed by atoms with van der Waals surface area (Å²) in [5.41, 5.74) is -0.209. The average molecular weight is 323 g/mol.